The van der Waals surface area contributed by atoms with Crippen molar-refractivity contribution in [2.75, 3.05) is 5.32 Å². The van der Waals surface area contributed by atoms with Crippen LogP contribution in [0, 0.1) is 10.9 Å². The van der Waals surface area contributed by atoms with Crippen molar-refractivity contribution in [1.82, 2.24) is 35.1 Å². The summed E-state index contributed by atoms with van der Waals surface area (Å²) in [5, 5.41) is 9.68. The number of thiophene rings is 1. The van der Waals surface area contributed by atoms with Crippen LogP contribution in [0.5, 0.6) is 0 Å². The average molecular weight is 565 g/mol. The summed E-state index contributed by atoms with van der Waals surface area (Å²) in [7, 11) is 0. The van der Waals surface area contributed by atoms with Gasteiger partial charge in [-0.05, 0) is 29.8 Å². The lowest BCUT2D eigenvalue weighted by Crippen LogP contribution is -2.14. The maximum Gasteiger partial charge on any atom is 0.228 e. The number of pyridine rings is 3. The van der Waals surface area contributed by atoms with Crippen LogP contribution in [0.4, 0.5) is 14.5 Å². The highest BCUT2D eigenvalue weighted by molar-refractivity contribution is 7.13. The Morgan fingerprint density at radius 2 is 1.85 bits per heavy atom. The van der Waals surface area contributed by atoms with Gasteiger partial charge in [-0.15, -0.1) is 11.3 Å². The van der Waals surface area contributed by atoms with Crippen molar-refractivity contribution >= 4 is 45.0 Å². The highest BCUT2D eigenvalue weighted by Crippen LogP contribution is 2.35. The predicted molar refractivity (Wildman–Crippen MR) is 152 cm³/mol. The molecule has 0 aliphatic carbocycles. The summed E-state index contributed by atoms with van der Waals surface area (Å²) in [5.74, 6) is -0.492. The van der Waals surface area contributed by atoms with Gasteiger partial charge in [0.25, 0.3) is 0 Å². The third-order valence-electron chi connectivity index (χ3n) is 6.50. The lowest BCUT2D eigenvalue weighted by molar-refractivity contribution is -0.115. The molecule has 0 fully saturated rings. The Morgan fingerprint density at radius 1 is 0.976 bits per heavy atom. The van der Waals surface area contributed by atoms with Crippen molar-refractivity contribution in [2.24, 2.45) is 0 Å². The van der Waals surface area contributed by atoms with Crippen LogP contribution in [-0.2, 0) is 11.2 Å². The van der Waals surface area contributed by atoms with E-state index in [9.17, 15) is 9.18 Å². The molecule has 6 heterocycles. The number of carbonyl (C=O) groups is 1. The van der Waals surface area contributed by atoms with Crippen molar-refractivity contribution in [3.05, 3.63) is 95.9 Å². The van der Waals surface area contributed by atoms with E-state index in [-0.39, 0.29) is 39.7 Å². The number of carbonyl (C=O) groups excluding carboxylic acids is 1. The first-order valence-electron chi connectivity index (χ1n) is 12.5. The molecular weight excluding hydrogens is 546 g/mol. The first-order chi connectivity index (χ1) is 20.0. The average Bonchev–Trinajstić information content (AvgIpc) is 3.72. The molecule has 9 nitrogen and oxygen atoms in total. The molecule has 7 aromatic rings. The van der Waals surface area contributed by atoms with Crippen molar-refractivity contribution in [3.8, 4) is 33.2 Å². The van der Waals surface area contributed by atoms with Gasteiger partial charge in [-0.1, -0.05) is 30.3 Å². The number of rotatable bonds is 6. The Morgan fingerprint density at radius 3 is 2.68 bits per heavy atom. The molecule has 0 unspecified atom stereocenters. The minimum atomic E-state index is -0.576. The van der Waals surface area contributed by atoms with Gasteiger partial charge in [-0.25, -0.2) is 14.4 Å². The standard InChI is InChI=1S/C29H18F2N8OS/c30-21-7-6-20(41-21)26-25-19(8-9-33-26)36-29(37-25)27-23-24(31)18(14-34-28(23)39-38-27)16-11-17(13-32-12-16)35-22(40)10-15-4-2-1-3-5-15/h1-9,11-14H,10H2,(H,35,40)(H,36,37)(H,34,38,39). The number of anilines is 1. The molecule has 1 aromatic carbocycles. The first kappa shape index (κ1) is 24.7. The Bertz CT molecular complexity index is 2070. The molecule has 0 spiro atoms. The van der Waals surface area contributed by atoms with E-state index < -0.39 is 5.82 Å². The molecule has 7 rings (SSSR count). The van der Waals surface area contributed by atoms with E-state index in [0.717, 1.165) is 16.9 Å². The van der Waals surface area contributed by atoms with Crippen LogP contribution in [0.3, 0.4) is 0 Å². The van der Waals surface area contributed by atoms with E-state index in [1.807, 2.05) is 30.3 Å². The van der Waals surface area contributed by atoms with E-state index in [4.69, 9.17) is 0 Å². The molecule has 0 aliphatic heterocycles. The van der Waals surface area contributed by atoms with Crippen LogP contribution in [0.15, 0.2) is 79.4 Å². The maximum atomic E-state index is 16.1. The molecule has 12 heteroatoms. The van der Waals surface area contributed by atoms with Crippen LogP contribution < -0.4 is 5.32 Å². The predicted octanol–water partition coefficient (Wildman–Crippen LogP) is 6.15. The van der Waals surface area contributed by atoms with Gasteiger partial charge in [-0.3, -0.25) is 19.9 Å². The Hall–Kier alpha value is -5.36. The highest BCUT2D eigenvalue weighted by atomic mass is 32.1. The summed E-state index contributed by atoms with van der Waals surface area (Å²) in [6, 6.07) is 15.7. The number of amides is 1. The number of nitrogens with zero attached hydrogens (tertiary/aromatic N) is 5. The first-order valence-corrected chi connectivity index (χ1v) is 13.3. The van der Waals surface area contributed by atoms with E-state index in [1.54, 1.807) is 24.4 Å². The highest BCUT2D eigenvalue weighted by Gasteiger charge is 2.22. The number of hydrogen-bond donors (Lipinski definition) is 3. The number of aromatic amines is 2. The van der Waals surface area contributed by atoms with Crippen molar-refractivity contribution in [2.45, 2.75) is 6.42 Å². The molecule has 3 N–H and O–H groups in total. The van der Waals surface area contributed by atoms with Crippen LogP contribution in [0.2, 0.25) is 0 Å². The van der Waals surface area contributed by atoms with Gasteiger partial charge < -0.3 is 10.3 Å². The van der Waals surface area contributed by atoms with Gasteiger partial charge in [0.15, 0.2) is 16.6 Å². The maximum absolute atomic E-state index is 16.1. The minimum Gasteiger partial charge on any atom is -0.336 e. The number of aromatic nitrogens is 7. The zero-order valence-electron chi connectivity index (χ0n) is 21.0. The zero-order valence-corrected chi connectivity index (χ0v) is 21.8. The largest absolute Gasteiger partial charge is 0.336 e. The second kappa shape index (κ2) is 9.99. The number of H-pyrrole nitrogens is 2. The molecule has 0 saturated heterocycles. The van der Waals surface area contributed by atoms with Gasteiger partial charge >= 0.3 is 0 Å². The Labute approximate surface area is 234 Å². The molecule has 6 aromatic heterocycles. The van der Waals surface area contributed by atoms with Gasteiger partial charge in [0.05, 0.1) is 34.1 Å². The number of fused-ring (bicyclic) bond motifs is 2. The second-order valence-corrected chi connectivity index (χ2v) is 10.2. The number of halogens is 2. The van der Waals surface area contributed by atoms with Crippen LogP contribution in [0.25, 0.3) is 55.3 Å². The topological polar surface area (TPSA) is 125 Å². The summed E-state index contributed by atoms with van der Waals surface area (Å²) in [4.78, 5) is 33.9. The fourth-order valence-electron chi connectivity index (χ4n) is 4.64. The lowest BCUT2D eigenvalue weighted by atomic mass is 10.1. The van der Waals surface area contributed by atoms with Gasteiger partial charge in [0.2, 0.25) is 5.91 Å². The summed E-state index contributed by atoms with van der Waals surface area (Å²) in [5.41, 5.74) is 4.03. The number of benzene rings is 1. The summed E-state index contributed by atoms with van der Waals surface area (Å²) in [6.07, 6.45) is 6.18. The zero-order chi connectivity index (χ0) is 27.9. The smallest absolute Gasteiger partial charge is 0.228 e. The van der Waals surface area contributed by atoms with Crippen LogP contribution in [0.1, 0.15) is 5.56 Å². The Kier molecular flexibility index (Phi) is 6.01. The summed E-state index contributed by atoms with van der Waals surface area (Å²) >= 11 is 0.965. The molecule has 0 bridgehead atoms. The van der Waals surface area contributed by atoms with Crippen molar-refractivity contribution in [1.29, 1.82) is 0 Å². The quantitative estimate of drug-likeness (QED) is 0.223. The van der Waals surface area contributed by atoms with Crippen LogP contribution >= 0.6 is 11.3 Å². The molecule has 41 heavy (non-hydrogen) atoms. The molecule has 1 amide bonds. The number of hydrogen-bond acceptors (Lipinski definition) is 7. The normalized spacial score (nSPS) is 11.4. The molecule has 200 valence electrons. The molecular formula is C29H18F2N8OS. The van der Waals surface area contributed by atoms with Crippen molar-refractivity contribution < 1.29 is 13.6 Å². The number of nitrogens with one attached hydrogen (secondary N) is 3. The monoisotopic (exact) mass is 564 g/mol. The molecule has 0 radical (unpaired) electrons. The third kappa shape index (κ3) is 4.59. The molecule has 0 aliphatic rings. The minimum absolute atomic E-state index is 0.136. The number of imidazole rings is 1. The van der Waals surface area contributed by atoms with E-state index >= 15 is 4.39 Å². The van der Waals surface area contributed by atoms with E-state index in [1.165, 1.54) is 24.7 Å². The van der Waals surface area contributed by atoms with E-state index in [0.29, 0.717) is 38.7 Å². The third-order valence-corrected chi connectivity index (χ3v) is 7.38. The fourth-order valence-corrected chi connectivity index (χ4v) is 5.37. The molecule has 0 saturated carbocycles. The molecule has 0 atom stereocenters. The van der Waals surface area contributed by atoms with E-state index in [2.05, 4.69) is 40.4 Å². The fraction of sp³-hybridized carbons (Fsp3) is 0.0345. The summed E-state index contributed by atoms with van der Waals surface area (Å²) in [6.45, 7) is 0. The summed E-state index contributed by atoms with van der Waals surface area (Å²) < 4.78 is 29.8. The Balaban J connectivity index is 1.24. The SMILES string of the molecule is O=C(Cc1ccccc1)Nc1cncc(-c2cnc3[nH]nc(-c4nc5c(-c6ccc(F)s6)nccc5[nH]4)c3c2F)c1. The van der Waals surface area contributed by atoms with Gasteiger partial charge in [0.1, 0.15) is 22.7 Å². The lowest BCUT2D eigenvalue weighted by Gasteiger charge is -2.08. The van der Waals surface area contributed by atoms with Gasteiger partial charge in [-0.2, -0.15) is 9.49 Å². The second-order valence-electron chi connectivity index (χ2n) is 9.20. The van der Waals surface area contributed by atoms with Crippen LogP contribution in [-0.4, -0.2) is 41.0 Å². The van der Waals surface area contributed by atoms with Crippen molar-refractivity contribution in [3.63, 3.8) is 0 Å². The van der Waals surface area contributed by atoms with Gasteiger partial charge in [0, 0.05) is 29.7 Å².